The Morgan fingerprint density at radius 2 is 2.25 bits per heavy atom. The lowest BCUT2D eigenvalue weighted by Gasteiger charge is -2.05. The minimum absolute atomic E-state index is 0.101. The predicted octanol–water partition coefficient (Wildman–Crippen LogP) is 3.15. The molecule has 5 heteroatoms. The molecule has 0 spiro atoms. The molecule has 3 nitrogen and oxygen atoms in total. The standard InChI is InChI=1S/C11H11ClFN3/c1-2-5-16-7-14-15-11(16)8-3-4-10(13)9(12)6-8/h3-4,6-7H,2,5H2,1H3. The maximum atomic E-state index is 13.0. The summed E-state index contributed by atoms with van der Waals surface area (Å²) in [6.07, 6.45) is 2.65. The van der Waals surface area contributed by atoms with E-state index in [4.69, 9.17) is 11.6 Å². The number of nitrogens with zero attached hydrogens (tertiary/aromatic N) is 3. The third-order valence-electron chi connectivity index (χ3n) is 2.26. The first kappa shape index (κ1) is 11.1. The Hall–Kier alpha value is -1.42. The SMILES string of the molecule is CCCn1cnnc1-c1ccc(F)c(Cl)c1. The molecule has 0 saturated heterocycles. The zero-order valence-corrected chi connectivity index (χ0v) is 9.58. The second kappa shape index (κ2) is 4.61. The first-order valence-electron chi connectivity index (χ1n) is 5.05. The van der Waals surface area contributed by atoms with Crippen molar-refractivity contribution < 1.29 is 4.39 Å². The molecule has 0 fully saturated rings. The number of halogens is 2. The van der Waals surface area contributed by atoms with E-state index >= 15 is 0 Å². The van der Waals surface area contributed by atoms with Crippen molar-refractivity contribution >= 4 is 11.6 Å². The van der Waals surface area contributed by atoms with Crippen LogP contribution in [0.3, 0.4) is 0 Å². The summed E-state index contributed by atoms with van der Waals surface area (Å²) >= 11 is 5.73. The summed E-state index contributed by atoms with van der Waals surface area (Å²) in [6, 6.07) is 4.55. The molecule has 0 N–H and O–H groups in total. The molecule has 2 rings (SSSR count). The fourth-order valence-electron chi connectivity index (χ4n) is 1.52. The van der Waals surface area contributed by atoms with Crippen LogP contribution in [0.2, 0.25) is 5.02 Å². The molecule has 0 unspecified atom stereocenters. The van der Waals surface area contributed by atoms with Gasteiger partial charge in [-0.1, -0.05) is 18.5 Å². The van der Waals surface area contributed by atoms with Crippen molar-refractivity contribution in [1.82, 2.24) is 14.8 Å². The van der Waals surface area contributed by atoms with Crippen LogP contribution in [0.15, 0.2) is 24.5 Å². The van der Waals surface area contributed by atoms with Gasteiger partial charge in [0.15, 0.2) is 5.82 Å². The molecule has 0 atom stereocenters. The minimum atomic E-state index is -0.424. The van der Waals surface area contributed by atoms with Gasteiger partial charge in [0, 0.05) is 12.1 Å². The van der Waals surface area contributed by atoms with Gasteiger partial charge in [-0.15, -0.1) is 10.2 Å². The summed E-state index contributed by atoms with van der Waals surface area (Å²) < 4.78 is 14.9. The Balaban J connectivity index is 2.42. The molecule has 0 bridgehead atoms. The van der Waals surface area contributed by atoms with Gasteiger partial charge in [0.1, 0.15) is 12.1 Å². The molecule has 2 aromatic rings. The van der Waals surface area contributed by atoms with Gasteiger partial charge in [-0.25, -0.2) is 4.39 Å². The Morgan fingerprint density at radius 3 is 2.94 bits per heavy atom. The molecular weight excluding hydrogens is 229 g/mol. The largest absolute Gasteiger partial charge is 0.314 e. The van der Waals surface area contributed by atoms with Crippen molar-refractivity contribution in [2.75, 3.05) is 0 Å². The first-order valence-corrected chi connectivity index (χ1v) is 5.43. The van der Waals surface area contributed by atoms with E-state index in [1.807, 2.05) is 4.57 Å². The van der Waals surface area contributed by atoms with Crippen LogP contribution in [0.5, 0.6) is 0 Å². The maximum Gasteiger partial charge on any atom is 0.163 e. The number of aryl methyl sites for hydroxylation is 1. The van der Waals surface area contributed by atoms with E-state index in [2.05, 4.69) is 17.1 Å². The number of hydrogen-bond donors (Lipinski definition) is 0. The summed E-state index contributed by atoms with van der Waals surface area (Å²) in [5, 5.41) is 7.95. The molecule has 0 radical (unpaired) electrons. The highest BCUT2D eigenvalue weighted by atomic mass is 35.5. The Bertz CT molecular complexity index is 496. The van der Waals surface area contributed by atoms with Crippen LogP contribution in [-0.2, 0) is 6.54 Å². The molecule has 1 aromatic heterocycles. The average molecular weight is 240 g/mol. The first-order chi connectivity index (χ1) is 7.72. The maximum absolute atomic E-state index is 13.0. The van der Waals surface area contributed by atoms with Crippen LogP contribution >= 0.6 is 11.6 Å². The predicted molar refractivity (Wildman–Crippen MR) is 60.7 cm³/mol. The van der Waals surface area contributed by atoms with Crippen LogP contribution in [0, 0.1) is 5.82 Å². The highest BCUT2D eigenvalue weighted by molar-refractivity contribution is 6.31. The second-order valence-electron chi connectivity index (χ2n) is 3.48. The van der Waals surface area contributed by atoms with Gasteiger partial charge in [-0.2, -0.15) is 0 Å². The second-order valence-corrected chi connectivity index (χ2v) is 3.88. The molecule has 16 heavy (non-hydrogen) atoms. The molecule has 1 heterocycles. The smallest absolute Gasteiger partial charge is 0.163 e. The summed E-state index contributed by atoms with van der Waals surface area (Å²) in [4.78, 5) is 0. The van der Waals surface area contributed by atoms with Gasteiger partial charge < -0.3 is 4.57 Å². The Labute approximate surface area is 97.9 Å². The number of aromatic nitrogens is 3. The highest BCUT2D eigenvalue weighted by Gasteiger charge is 2.08. The Morgan fingerprint density at radius 1 is 1.44 bits per heavy atom. The van der Waals surface area contributed by atoms with Crippen molar-refractivity contribution in [1.29, 1.82) is 0 Å². The average Bonchev–Trinajstić information content (AvgIpc) is 2.71. The lowest BCUT2D eigenvalue weighted by Crippen LogP contribution is -1.98. The highest BCUT2D eigenvalue weighted by Crippen LogP contribution is 2.23. The summed E-state index contributed by atoms with van der Waals surface area (Å²) in [7, 11) is 0. The van der Waals surface area contributed by atoms with Gasteiger partial charge in [-0.3, -0.25) is 0 Å². The lowest BCUT2D eigenvalue weighted by molar-refractivity contribution is 0.628. The van der Waals surface area contributed by atoms with Crippen molar-refractivity contribution in [3.8, 4) is 11.4 Å². The molecule has 0 aliphatic rings. The summed E-state index contributed by atoms with van der Waals surface area (Å²) in [5.41, 5.74) is 0.775. The zero-order valence-electron chi connectivity index (χ0n) is 8.82. The normalized spacial score (nSPS) is 10.7. The van der Waals surface area contributed by atoms with Crippen molar-refractivity contribution in [2.45, 2.75) is 19.9 Å². The molecule has 84 valence electrons. The van der Waals surface area contributed by atoms with Crippen LogP contribution in [-0.4, -0.2) is 14.8 Å². The number of rotatable bonds is 3. The molecule has 0 saturated carbocycles. The van der Waals surface area contributed by atoms with Crippen LogP contribution in [0.4, 0.5) is 4.39 Å². The van der Waals surface area contributed by atoms with Crippen molar-refractivity contribution in [2.24, 2.45) is 0 Å². The zero-order chi connectivity index (χ0) is 11.5. The van der Waals surface area contributed by atoms with Crippen LogP contribution in [0.1, 0.15) is 13.3 Å². The molecule has 0 aliphatic heterocycles. The fraction of sp³-hybridized carbons (Fsp3) is 0.273. The van der Waals surface area contributed by atoms with E-state index in [1.165, 1.54) is 6.07 Å². The quantitative estimate of drug-likeness (QED) is 0.824. The molecular formula is C11H11ClFN3. The van der Waals surface area contributed by atoms with Gasteiger partial charge >= 0.3 is 0 Å². The van der Waals surface area contributed by atoms with E-state index in [1.54, 1.807) is 18.5 Å². The molecule has 0 aliphatic carbocycles. The number of benzene rings is 1. The monoisotopic (exact) mass is 239 g/mol. The summed E-state index contributed by atoms with van der Waals surface area (Å²) in [5.74, 6) is 0.288. The lowest BCUT2D eigenvalue weighted by atomic mass is 10.2. The topological polar surface area (TPSA) is 30.7 Å². The van der Waals surface area contributed by atoms with Gasteiger partial charge in [0.2, 0.25) is 0 Å². The molecule has 0 amide bonds. The third kappa shape index (κ3) is 2.07. The van der Waals surface area contributed by atoms with Crippen LogP contribution < -0.4 is 0 Å². The van der Waals surface area contributed by atoms with E-state index in [0.29, 0.717) is 5.82 Å². The van der Waals surface area contributed by atoms with Gasteiger partial charge in [0.05, 0.1) is 5.02 Å². The van der Waals surface area contributed by atoms with Crippen molar-refractivity contribution in [3.05, 3.63) is 35.4 Å². The molecule has 1 aromatic carbocycles. The minimum Gasteiger partial charge on any atom is -0.314 e. The fourth-order valence-corrected chi connectivity index (χ4v) is 1.70. The van der Waals surface area contributed by atoms with E-state index < -0.39 is 5.82 Å². The van der Waals surface area contributed by atoms with Crippen LogP contribution in [0.25, 0.3) is 11.4 Å². The summed E-state index contributed by atoms with van der Waals surface area (Å²) in [6.45, 7) is 2.90. The number of hydrogen-bond acceptors (Lipinski definition) is 2. The van der Waals surface area contributed by atoms with Gasteiger partial charge in [0.25, 0.3) is 0 Å². The van der Waals surface area contributed by atoms with Crippen molar-refractivity contribution in [3.63, 3.8) is 0 Å². The van der Waals surface area contributed by atoms with Gasteiger partial charge in [-0.05, 0) is 24.6 Å². The Kier molecular flexibility index (Phi) is 3.19. The van der Waals surface area contributed by atoms with E-state index in [0.717, 1.165) is 18.5 Å². The third-order valence-corrected chi connectivity index (χ3v) is 2.55. The van der Waals surface area contributed by atoms with E-state index in [-0.39, 0.29) is 5.02 Å². The van der Waals surface area contributed by atoms with E-state index in [9.17, 15) is 4.39 Å².